The highest BCUT2D eigenvalue weighted by Crippen LogP contribution is 2.36. The van der Waals surface area contributed by atoms with Crippen LogP contribution in [0.4, 0.5) is 5.69 Å². The second-order valence-electron chi connectivity index (χ2n) is 6.19. The van der Waals surface area contributed by atoms with Gasteiger partial charge in [-0.3, -0.25) is 0 Å². The van der Waals surface area contributed by atoms with Crippen molar-refractivity contribution in [3.05, 3.63) is 52.4 Å². The molecule has 2 N–H and O–H groups in total. The van der Waals surface area contributed by atoms with Crippen molar-refractivity contribution in [3.63, 3.8) is 0 Å². The van der Waals surface area contributed by atoms with E-state index in [1.54, 1.807) is 38.2 Å². The Balaban J connectivity index is 2.88. The standard InChI is InChI=1S/C20H22N2O4S/c1-10(2)18(27)15-8-14(19(23)24)13(9-16(15)21-4)12-7-6-11(3)22-17(12)20(25)26-5/h6-9,21,27H,1-5H3,(H,23,24). The third-order valence-electron chi connectivity index (χ3n) is 4.09. The second-order valence-corrected chi connectivity index (χ2v) is 6.63. The number of aromatic carboxylic acids is 1. The molecule has 1 heterocycles. The number of hydrogen-bond donors (Lipinski definition) is 3. The molecule has 6 nitrogen and oxygen atoms in total. The first-order valence-corrected chi connectivity index (χ1v) is 8.68. The lowest BCUT2D eigenvalue weighted by Crippen LogP contribution is -2.10. The lowest BCUT2D eigenvalue weighted by molar-refractivity contribution is 0.0593. The zero-order chi connectivity index (χ0) is 20.3. The van der Waals surface area contributed by atoms with E-state index in [1.807, 2.05) is 13.8 Å². The molecule has 0 saturated carbocycles. The normalized spacial score (nSPS) is 10.3. The number of ether oxygens (including phenoxy) is 1. The molecule has 1 aromatic heterocycles. The van der Waals surface area contributed by atoms with E-state index in [0.717, 1.165) is 5.57 Å². The molecule has 142 valence electrons. The Labute approximate surface area is 163 Å². The number of carbonyl (C=O) groups excluding carboxylic acids is 1. The van der Waals surface area contributed by atoms with Crippen LogP contribution in [0.25, 0.3) is 16.0 Å². The first-order valence-electron chi connectivity index (χ1n) is 8.23. The van der Waals surface area contributed by atoms with E-state index < -0.39 is 11.9 Å². The Kier molecular flexibility index (Phi) is 6.28. The Hall–Kier alpha value is -2.80. The van der Waals surface area contributed by atoms with Gasteiger partial charge < -0.3 is 15.2 Å². The maximum atomic E-state index is 12.2. The van der Waals surface area contributed by atoms with Crippen LogP contribution in [0.5, 0.6) is 0 Å². The van der Waals surface area contributed by atoms with Crippen molar-refractivity contribution in [1.82, 2.24) is 4.98 Å². The van der Waals surface area contributed by atoms with Crippen LogP contribution in [0.3, 0.4) is 0 Å². The first kappa shape index (κ1) is 20.5. The first-order chi connectivity index (χ1) is 12.7. The quantitative estimate of drug-likeness (QED) is 0.525. The summed E-state index contributed by atoms with van der Waals surface area (Å²) < 4.78 is 4.82. The highest BCUT2D eigenvalue weighted by atomic mass is 32.1. The van der Waals surface area contributed by atoms with Gasteiger partial charge in [-0.15, -0.1) is 12.6 Å². The van der Waals surface area contributed by atoms with Gasteiger partial charge in [0.05, 0.1) is 12.7 Å². The number of benzene rings is 1. The second kappa shape index (κ2) is 8.26. The number of esters is 1. The van der Waals surface area contributed by atoms with Gasteiger partial charge in [-0.25, -0.2) is 14.6 Å². The van der Waals surface area contributed by atoms with E-state index in [9.17, 15) is 14.7 Å². The number of aromatic nitrogens is 1. The van der Waals surface area contributed by atoms with Crippen molar-refractivity contribution >= 4 is 35.2 Å². The van der Waals surface area contributed by atoms with Gasteiger partial charge in [0.2, 0.25) is 0 Å². The number of nitrogens with zero attached hydrogens (tertiary/aromatic N) is 1. The summed E-state index contributed by atoms with van der Waals surface area (Å²) in [5.74, 6) is -1.74. The zero-order valence-electron chi connectivity index (χ0n) is 15.9. The summed E-state index contributed by atoms with van der Waals surface area (Å²) in [6.07, 6.45) is 0. The Bertz CT molecular complexity index is 947. The van der Waals surface area contributed by atoms with E-state index in [-0.39, 0.29) is 11.3 Å². The number of hydrogen-bond acceptors (Lipinski definition) is 6. The maximum absolute atomic E-state index is 12.2. The Morgan fingerprint density at radius 1 is 1.15 bits per heavy atom. The average molecular weight is 386 g/mol. The van der Waals surface area contributed by atoms with Crippen molar-refractivity contribution in [2.24, 2.45) is 0 Å². The molecule has 1 aromatic carbocycles. The smallest absolute Gasteiger partial charge is 0.357 e. The lowest BCUT2D eigenvalue weighted by atomic mass is 9.94. The van der Waals surface area contributed by atoms with Gasteiger partial charge in [0.1, 0.15) is 0 Å². The van der Waals surface area contributed by atoms with E-state index in [1.165, 1.54) is 7.11 Å². The van der Waals surface area contributed by atoms with Gasteiger partial charge in [-0.05, 0) is 39.0 Å². The largest absolute Gasteiger partial charge is 0.478 e. The van der Waals surface area contributed by atoms with E-state index in [0.29, 0.717) is 33.0 Å². The molecule has 0 atom stereocenters. The van der Waals surface area contributed by atoms with Gasteiger partial charge in [0.15, 0.2) is 5.69 Å². The van der Waals surface area contributed by atoms with Crippen molar-refractivity contribution in [1.29, 1.82) is 0 Å². The molecule has 0 bridgehead atoms. The fourth-order valence-electron chi connectivity index (χ4n) is 2.70. The highest BCUT2D eigenvalue weighted by molar-refractivity contribution is 7.90. The van der Waals surface area contributed by atoms with Gasteiger partial charge in [-0.2, -0.15) is 0 Å². The Morgan fingerprint density at radius 3 is 2.33 bits per heavy atom. The number of aryl methyl sites for hydroxylation is 1. The van der Waals surface area contributed by atoms with Gasteiger partial charge in [0, 0.05) is 40.0 Å². The fourth-order valence-corrected chi connectivity index (χ4v) is 2.88. The van der Waals surface area contributed by atoms with Crippen LogP contribution in [0, 0.1) is 6.92 Å². The number of carboxylic acid groups (broad SMARTS) is 1. The van der Waals surface area contributed by atoms with Crippen molar-refractivity contribution in [2.45, 2.75) is 20.8 Å². The summed E-state index contributed by atoms with van der Waals surface area (Å²) in [6.45, 7) is 5.54. The summed E-state index contributed by atoms with van der Waals surface area (Å²) in [5.41, 5.74) is 3.83. The molecular formula is C20H22N2O4S. The molecular weight excluding hydrogens is 364 g/mol. The third kappa shape index (κ3) is 4.14. The van der Waals surface area contributed by atoms with Gasteiger partial charge >= 0.3 is 11.9 Å². The SMILES string of the molecule is CNc1cc(-c2ccc(C)nc2C(=O)OC)c(C(=O)O)cc1C(S)=C(C)C. The number of methoxy groups -OCH3 is 1. The number of thiol groups is 1. The molecule has 0 aliphatic carbocycles. The van der Waals surface area contributed by atoms with Gasteiger partial charge in [0.25, 0.3) is 0 Å². The monoisotopic (exact) mass is 386 g/mol. The van der Waals surface area contributed by atoms with Crippen LogP contribution in [-0.4, -0.2) is 36.2 Å². The van der Waals surface area contributed by atoms with Crippen LogP contribution < -0.4 is 5.32 Å². The zero-order valence-corrected chi connectivity index (χ0v) is 16.8. The molecule has 0 aliphatic rings. The molecule has 2 rings (SSSR count). The van der Waals surface area contributed by atoms with Crippen molar-refractivity contribution < 1.29 is 19.4 Å². The number of allylic oxidation sites excluding steroid dienone is 1. The average Bonchev–Trinajstić information content (AvgIpc) is 2.65. The van der Waals surface area contributed by atoms with Crippen LogP contribution in [0.2, 0.25) is 0 Å². The molecule has 0 radical (unpaired) electrons. The predicted octanol–water partition coefficient (Wildman–Crippen LogP) is 4.26. The lowest BCUT2D eigenvalue weighted by Gasteiger charge is -2.17. The molecule has 0 saturated heterocycles. The minimum atomic E-state index is -1.11. The molecule has 0 aliphatic heterocycles. The number of pyridine rings is 1. The predicted molar refractivity (Wildman–Crippen MR) is 110 cm³/mol. The van der Waals surface area contributed by atoms with Gasteiger partial charge in [-0.1, -0.05) is 11.6 Å². The maximum Gasteiger partial charge on any atom is 0.357 e. The van der Waals surface area contributed by atoms with E-state index in [4.69, 9.17) is 4.74 Å². The van der Waals surface area contributed by atoms with Crippen LogP contribution in [0.15, 0.2) is 29.8 Å². The summed E-state index contributed by atoms with van der Waals surface area (Å²) in [7, 11) is 3.00. The number of nitrogens with one attached hydrogen (secondary N) is 1. The molecule has 0 spiro atoms. The summed E-state index contributed by atoms with van der Waals surface area (Å²) >= 11 is 4.52. The van der Waals surface area contributed by atoms with Crippen molar-refractivity contribution in [2.75, 3.05) is 19.5 Å². The molecule has 0 amide bonds. The fraction of sp³-hybridized carbons (Fsp3) is 0.250. The molecule has 2 aromatic rings. The summed E-state index contributed by atoms with van der Waals surface area (Å²) in [4.78, 5) is 29.1. The number of anilines is 1. The minimum Gasteiger partial charge on any atom is -0.478 e. The molecule has 0 fully saturated rings. The van der Waals surface area contributed by atoms with E-state index in [2.05, 4.69) is 22.9 Å². The van der Waals surface area contributed by atoms with Crippen molar-refractivity contribution in [3.8, 4) is 11.1 Å². The number of rotatable bonds is 5. The Morgan fingerprint density at radius 2 is 1.81 bits per heavy atom. The third-order valence-corrected chi connectivity index (χ3v) is 4.78. The topological polar surface area (TPSA) is 88.5 Å². The minimum absolute atomic E-state index is 0.0487. The highest BCUT2D eigenvalue weighted by Gasteiger charge is 2.23. The van der Waals surface area contributed by atoms with E-state index >= 15 is 0 Å². The van der Waals surface area contributed by atoms with Crippen LogP contribution in [0.1, 0.15) is 46.0 Å². The molecule has 0 unspecified atom stereocenters. The summed E-state index contributed by atoms with van der Waals surface area (Å²) in [5, 5.41) is 12.8. The molecule has 27 heavy (non-hydrogen) atoms. The molecule has 7 heteroatoms. The number of carboxylic acids is 1. The van der Waals surface area contributed by atoms with Crippen LogP contribution in [-0.2, 0) is 4.74 Å². The van der Waals surface area contributed by atoms with Crippen LogP contribution >= 0.6 is 12.6 Å². The summed E-state index contributed by atoms with van der Waals surface area (Å²) in [6, 6.07) is 6.65. The number of carbonyl (C=O) groups is 2.